The normalized spacial score (nSPS) is 10.5. The maximum atomic E-state index is 13.0. The highest BCUT2D eigenvalue weighted by molar-refractivity contribution is 9.10. The summed E-state index contributed by atoms with van der Waals surface area (Å²) in [5.74, 6) is 0.142. The summed E-state index contributed by atoms with van der Waals surface area (Å²) in [4.78, 5) is 8.39. The fraction of sp³-hybridized carbons (Fsp3) is 0.231. The van der Waals surface area contributed by atoms with Crippen molar-refractivity contribution < 1.29 is 9.13 Å². The number of hydrogen-bond acceptors (Lipinski definition) is 4. The predicted octanol–water partition coefficient (Wildman–Crippen LogP) is 3.20. The Morgan fingerprint density at radius 1 is 1.42 bits per heavy atom. The molecule has 0 saturated carbocycles. The van der Waals surface area contributed by atoms with Crippen LogP contribution in [-0.2, 0) is 6.54 Å². The third-order valence-electron chi connectivity index (χ3n) is 2.52. The van der Waals surface area contributed by atoms with Crippen molar-refractivity contribution in [2.24, 2.45) is 0 Å². The number of benzene rings is 1. The highest BCUT2D eigenvalue weighted by atomic mass is 79.9. The van der Waals surface area contributed by atoms with Crippen LogP contribution in [0.3, 0.4) is 0 Å². The van der Waals surface area contributed by atoms with Gasteiger partial charge in [0.2, 0.25) is 0 Å². The number of halogens is 2. The Morgan fingerprint density at radius 3 is 2.84 bits per heavy atom. The van der Waals surface area contributed by atoms with Gasteiger partial charge in [-0.05, 0) is 48.1 Å². The van der Waals surface area contributed by atoms with Gasteiger partial charge in [-0.15, -0.1) is 0 Å². The number of hydrogen-bond donors (Lipinski definition) is 1. The third-order valence-corrected chi connectivity index (χ3v) is 3.14. The number of rotatable bonds is 4. The second-order valence-corrected chi connectivity index (χ2v) is 4.82. The number of aryl methyl sites for hydroxylation is 1. The molecule has 0 fully saturated rings. The molecule has 0 unspecified atom stereocenters. The summed E-state index contributed by atoms with van der Waals surface area (Å²) in [6.45, 7) is 2.59. The minimum atomic E-state index is -0.333. The lowest BCUT2D eigenvalue weighted by molar-refractivity contribution is 0.435. The molecular formula is C13H13BrFN3O. The van der Waals surface area contributed by atoms with Crippen molar-refractivity contribution in [3.05, 3.63) is 45.9 Å². The van der Waals surface area contributed by atoms with E-state index in [0.29, 0.717) is 16.8 Å². The smallest absolute Gasteiger partial charge is 0.322 e. The molecule has 2 aromatic rings. The zero-order valence-corrected chi connectivity index (χ0v) is 12.2. The Hall–Kier alpha value is -1.53. The van der Waals surface area contributed by atoms with Crippen LogP contribution in [0.1, 0.15) is 11.3 Å². The Bertz CT molecular complexity index is 592. The van der Waals surface area contributed by atoms with Gasteiger partial charge in [0.1, 0.15) is 11.6 Å². The molecule has 0 aliphatic heterocycles. The van der Waals surface area contributed by atoms with E-state index in [4.69, 9.17) is 4.74 Å². The van der Waals surface area contributed by atoms with Gasteiger partial charge in [0.05, 0.1) is 4.47 Å². The molecule has 0 amide bonds. The quantitative estimate of drug-likeness (QED) is 0.937. The van der Waals surface area contributed by atoms with E-state index in [1.807, 2.05) is 14.0 Å². The zero-order valence-electron chi connectivity index (χ0n) is 10.6. The molecule has 0 spiro atoms. The Labute approximate surface area is 119 Å². The average Bonchev–Trinajstić information content (AvgIpc) is 2.36. The lowest BCUT2D eigenvalue weighted by Gasteiger charge is -2.08. The summed E-state index contributed by atoms with van der Waals surface area (Å²) in [6.07, 6.45) is 1.71. The fourth-order valence-corrected chi connectivity index (χ4v) is 1.97. The summed E-state index contributed by atoms with van der Waals surface area (Å²) in [6, 6.07) is 4.42. The number of ether oxygens (including phenoxy) is 1. The van der Waals surface area contributed by atoms with E-state index in [0.717, 1.165) is 11.3 Å². The van der Waals surface area contributed by atoms with Crippen LogP contribution in [0.4, 0.5) is 4.39 Å². The van der Waals surface area contributed by atoms with Gasteiger partial charge in [0.25, 0.3) is 0 Å². The molecule has 0 atom stereocenters. The molecule has 4 nitrogen and oxygen atoms in total. The highest BCUT2D eigenvalue weighted by Gasteiger charge is 2.08. The molecule has 0 aliphatic carbocycles. The van der Waals surface area contributed by atoms with Crippen LogP contribution in [-0.4, -0.2) is 17.0 Å². The number of nitrogens with one attached hydrogen (secondary N) is 1. The minimum absolute atomic E-state index is 0.240. The zero-order chi connectivity index (χ0) is 13.8. The second-order valence-electron chi connectivity index (χ2n) is 3.97. The fourth-order valence-electron chi connectivity index (χ4n) is 1.54. The summed E-state index contributed by atoms with van der Waals surface area (Å²) in [5, 5.41) is 3.04. The first-order chi connectivity index (χ1) is 9.10. The van der Waals surface area contributed by atoms with Crippen molar-refractivity contribution in [3.63, 3.8) is 0 Å². The SMILES string of the molecule is CNCc1cnc(Oc2ccc(F)cc2Br)nc1C. The van der Waals surface area contributed by atoms with Gasteiger partial charge in [0.15, 0.2) is 0 Å². The molecule has 0 saturated heterocycles. The third kappa shape index (κ3) is 3.48. The van der Waals surface area contributed by atoms with E-state index in [1.54, 1.807) is 6.20 Å². The first-order valence-electron chi connectivity index (χ1n) is 5.70. The van der Waals surface area contributed by atoms with Crippen LogP contribution >= 0.6 is 15.9 Å². The predicted molar refractivity (Wildman–Crippen MR) is 73.7 cm³/mol. The Balaban J connectivity index is 2.21. The Morgan fingerprint density at radius 2 is 2.21 bits per heavy atom. The topological polar surface area (TPSA) is 47.0 Å². The van der Waals surface area contributed by atoms with E-state index in [2.05, 4.69) is 31.2 Å². The van der Waals surface area contributed by atoms with Gasteiger partial charge in [-0.1, -0.05) is 0 Å². The van der Waals surface area contributed by atoms with Crippen molar-refractivity contribution in [2.45, 2.75) is 13.5 Å². The monoisotopic (exact) mass is 325 g/mol. The lowest BCUT2D eigenvalue weighted by atomic mass is 10.2. The van der Waals surface area contributed by atoms with Gasteiger partial charge >= 0.3 is 6.01 Å². The highest BCUT2D eigenvalue weighted by Crippen LogP contribution is 2.28. The average molecular weight is 326 g/mol. The van der Waals surface area contributed by atoms with E-state index in [-0.39, 0.29) is 11.8 Å². The van der Waals surface area contributed by atoms with Crippen LogP contribution in [0.25, 0.3) is 0 Å². The van der Waals surface area contributed by atoms with Crippen molar-refractivity contribution in [1.29, 1.82) is 0 Å². The second kappa shape index (κ2) is 6.08. The number of aromatic nitrogens is 2. The molecule has 1 aromatic heterocycles. The van der Waals surface area contributed by atoms with Crippen LogP contribution in [0.5, 0.6) is 11.8 Å². The summed E-state index contributed by atoms with van der Waals surface area (Å²) in [7, 11) is 1.86. The largest absolute Gasteiger partial charge is 0.423 e. The van der Waals surface area contributed by atoms with Crippen molar-refractivity contribution in [1.82, 2.24) is 15.3 Å². The molecule has 1 aromatic carbocycles. The van der Waals surface area contributed by atoms with E-state index < -0.39 is 0 Å². The molecule has 0 aliphatic rings. The molecule has 100 valence electrons. The maximum absolute atomic E-state index is 13.0. The van der Waals surface area contributed by atoms with Crippen molar-refractivity contribution in [2.75, 3.05) is 7.05 Å². The molecule has 0 bridgehead atoms. The first-order valence-corrected chi connectivity index (χ1v) is 6.49. The summed E-state index contributed by atoms with van der Waals surface area (Å²) >= 11 is 3.23. The van der Waals surface area contributed by atoms with Gasteiger partial charge in [-0.25, -0.2) is 9.37 Å². The minimum Gasteiger partial charge on any atom is -0.423 e. The van der Waals surface area contributed by atoms with E-state index >= 15 is 0 Å². The van der Waals surface area contributed by atoms with Gasteiger partial charge in [-0.3, -0.25) is 0 Å². The van der Waals surface area contributed by atoms with Gasteiger partial charge < -0.3 is 10.1 Å². The first kappa shape index (κ1) is 13.9. The van der Waals surface area contributed by atoms with Crippen molar-refractivity contribution in [3.8, 4) is 11.8 Å². The van der Waals surface area contributed by atoms with Gasteiger partial charge in [-0.2, -0.15) is 4.98 Å². The van der Waals surface area contributed by atoms with E-state index in [1.165, 1.54) is 18.2 Å². The molecule has 0 radical (unpaired) electrons. The van der Waals surface area contributed by atoms with Crippen LogP contribution in [0, 0.1) is 12.7 Å². The molecule has 2 rings (SSSR count). The molecule has 19 heavy (non-hydrogen) atoms. The summed E-state index contributed by atoms with van der Waals surface area (Å²) < 4.78 is 19.0. The van der Waals surface area contributed by atoms with Crippen LogP contribution in [0.2, 0.25) is 0 Å². The lowest BCUT2D eigenvalue weighted by Crippen LogP contribution is -2.08. The van der Waals surface area contributed by atoms with Crippen LogP contribution < -0.4 is 10.1 Å². The summed E-state index contributed by atoms with van der Waals surface area (Å²) in [5.41, 5.74) is 1.85. The van der Waals surface area contributed by atoms with Crippen LogP contribution in [0.15, 0.2) is 28.9 Å². The maximum Gasteiger partial charge on any atom is 0.322 e. The molecule has 1 heterocycles. The molecular weight excluding hydrogens is 313 g/mol. The molecule has 1 N–H and O–H groups in total. The van der Waals surface area contributed by atoms with Gasteiger partial charge in [0, 0.05) is 24.0 Å². The standard InChI is InChI=1S/C13H13BrFN3O/c1-8-9(6-16-2)7-17-13(18-8)19-12-4-3-10(15)5-11(12)14/h3-5,7,16H,6H2,1-2H3. The number of nitrogens with zero attached hydrogens (tertiary/aromatic N) is 2. The Kier molecular flexibility index (Phi) is 4.44. The van der Waals surface area contributed by atoms with Crippen molar-refractivity contribution >= 4 is 15.9 Å². The van der Waals surface area contributed by atoms with E-state index in [9.17, 15) is 4.39 Å². The molecule has 6 heteroatoms.